The maximum atomic E-state index is 13.0. The van der Waals surface area contributed by atoms with Crippen LogP contribution in [-0.4, -0.2) is 63.3 Å². The van der Waals surface area contributed by atoms with E-state index in [0.29, 0.717) is 34.8 Å². The Labute approximate surface area is 182 Å². The molecule has 0 aliphatic heterocycles. The Morgan fingerprint density at radius 1 is 1.23 bits per heavy atom. The molecule has 1 atom stereocenters. The number of aromatic amines is 1. The summed E-state index contributed by atoms with van der Waals surface area (Å²) in [6, 6.07) is 3.95. The van der Waals surface area contributed by atoms with Crippen molar-refractivity contribution in [1.82, 2.24) is 9.29 Å². The van der Waals surface area contributed by atoms with Gasteiger partial charge in [0, 0.05) is 25.5 Å². The van der Waals surface area contributed by atoms with E-state index in [1.54, 1.807) is 39.8 Å². The molecule has 2 N–H and O–H groups in total. The first-order chi connectivity index (χ1) is 14.4. The smallest absolute Gasteiger partial charge is 0.339 e. The van der Waals surface area contributed by atoms with Crippen molar-refractivity contribution < 1.29 is 27.5 Å². The van der Waals surface area contributed by atoms with E-state index in [4.69, 9.17) is 9.47 Å². The monoisotopic (exact) mass is 451 g/mol. The van der Waals surface area contributed by atoms with Gasteiger partial charge in [0.15, 0.2) is 0 Å². The van der Waals surface area contributed by atoms with Gasteiger partial charge in [-0.2, -0.15) is 0 Å². The van der Waals surface area contributed by atoms with Crippen molar-refractivity contribution in [3.05, 3.63) is 40.7 Å². The number of aryl methyl sites for hydroxylation is 1. The third kappa shape index (κ3) is 4.91. The highest BCUT2D eigenvalue weighted by atomic mass is 32.2. The lowest BCUT2D eigenvalue weighted by molar-refractivity contribution is 0.0599. The predicted molar refractivity (Wildman–Crippen MR) is 118 cm³/mol. The summed E-state index contributed by atoms with van der Waals surface area (Å²) in [5, 5.41) is 3.04. The van der Waals surface area contributed by atoms with Gasteiger partial charge in [0.1, 0.15) is 10.6 Å². The molecular formula is C21H29N3O6S. The first-order valence-electron chi connectivity index (χ1n) is 9.73. The molecule has 1 heterocycles. The van der Waals surface area contributed by atoms with Crippen LogP contribution in [0.25, 0.3) is 0 Å². The Kier molecular flexibility index (Phi) is 7.50. The summed E-state index contributed by atoms with van der Waals surface area (Å²) < 4.78 is 36.8. The molecular weight excluding hydrogens is 422 g/mol. The van der Waals surface area contributed by atoms with Gasteiger partial charge in [0.2, 0.25) is 15.8 Å². The number of methoxy groups -OCH3 is 1. The van der Waals surface area contributed by atoms with Crippen LogP contribution in [0.4, 0.5) is 5.69 Å². The molecule has 0 bridgehead atoms. The lowest BCUT2D eigenvalue weighted by atomic mass is 10.0. The number of hydrogen-bond donors (Lipinski definition) is 2. The third-order valence-electron chi connectivity index (χ3n) is 4.85. The van der Waals surface area contributed by atoms with E-state index < -0.39 is 22.0 Å². The molecule has 1 aromatic heterocycles. The van der Waals surface area contributed by atoms with Gasteiger partial charge in [-0.15, -0.1) is 0 Å². The van der Waals surface area contributed by atoms with Crippen molar-refractivity contribution >= 4 is 27.5 Å². The van der Waals surface area contributed by atoms with E-state index in [0.717, 1.165) is 4.31 Å². The summed E-state index contributed by atoms with van der Waals surface area (Å²) in [5.41, 5.74) is 2.12. The van der Waals surface area contributed by atoms with E-state index >= 15 is 0 Å². The van der Waals surface area contributed by atoms with Crippen LogP contribution in [0.5, 0.6) is 5.75 Å². The molecule has 0 aliphatic rings. The van der Waals surface area contributed by atoms with E-state index in [1.165, 1.54) is 27.3 Å². The fraction of sp³-hybridized carbons (Fsp3) is 0.429. The molecule has 2 aromatic rings. The molecule has 9 nitrogen and oxygen atoms in total. The number of aromatic nitrogens is 1. The lowest BCUT2D eigenvalue weighted by Gasteiger charge is -2.19. The third-order valence-corrected chi connectivity index (χ3v) is 6.69. The average molecular weight is 452 g/mol. The van der Waals surface area contributed by atoms with E-state index in [9.17, 15) is 18.0 Å². The Bertz CT molecular complexity index is 1090. The van der Waals surface area contributed by atoms with Crippen LogP contribution >= 0.6 is 0 Å². The zero-order valence-electron chi connectivity index (χ0n) is 18.8. The molecule has 0 fully saturated rings. The van der Waals surface area contributed by atoms with Gasteiger partial charge in [-0.05, 0) is 51.5 Å². The standard InChI is InChI=1S/C21H29N3O6S/c1-8-30-16-10-9-15(11-17(16)31(27,28)24(5)6)22-14(4)20(25)19-12(2)18(13(3)23-19)21(26)29-7/h9-11,14,22-23H,8H2,1-7H3/t14-/m1/s1. The number of ketones is 1. The molecule has 0 saturated heterocycles. The van der Waals surface area contributed by atoms with Crippen LogP contribution < -0.4 is 10.1 Å². The first kappa shape index (κ1) is 24.4. The number of hydrogen-bond acceptors (Lipinski definition) is 7. The van der Waals surface area contributed by atoms with Crippen molar-refractivity contribution in [2.24, 2.45) is 0 Å². The van der Waals surface area contributed by atoms with E-state index in [2.05, 4.69) is 10.3 Å². The molecule has 170 valence electrons. The lowest BCUT2D eigenvalue weighted by Crippen LogP contribution is -2.27. The summed E-state index contributed by atoms with van der Waals surface area (Å²) in [4.78, 5) is 28.0. The second kappa shape index (κ2) is 9.52. The Balaban J connectivity index is 2.37. The predicted octanol–water partition coefficient (Wildman–Crippen LogP) is 2.75. The number of nitrogens with zero attached hydrogens (tertiary/aromatic N) is 1. The fourth-order valence-electron chi connectivity index (χ4n) is 3.21. The van der Waals surface area contributed by atoms with Crippen LogP contribution in [0.2, 0.25) is 0 Å². The zero-order valence-corrected chi connectivity index (χ0v) is 19.6. The molecule has 2 rings (SSSR count). The fourth-order valence-corrected chi connectivity index (χ4v) is 4.26. The quantitative estimate of drug-likeness (QED) is 0.445. The minimum atomic E-state index is -3.76. The molecule has 1 aromatic carbocycles. The van der Waals surface area contributed by atoms with Crippen molar-refractivity contribution in [2.75, 3.05) is 33.1 Å². The molecule has 0 unspecified atom stereocenters. The second-order valence-corrected chi connectivity index (χ2v) is 9.35. The maximum Gasteiger partial charge on any atom is 0.339 e. The molecule has 31 heavy (non-hydrogen) atoms. The van der Waals surface area contributed by atoms with Crippen LogP contribution in [0.1, 0.15) is 46.0 Å². The molecule has 0 amide bonds. The number of sulfonamides is 1. The van der Waals surface area contributed by atoms with Gasteiger partial charge in [0.25, 0.3) is 0 Å². The average Bonchev–Trinajstić information content (AvgIpc) is 3.01. The highest BCUT2D eigenvalue weighted by molar-refractivity contribution is 7.89. The van der Waals surface area contributed by atoms with Crippen LogP contribution in [0.3, 0.4) is 0 Å². The highest BCUT2D eigenvalue weighted by Gasteiger charge is 2.27. The second-order valence-electron chi connectivity index (χ2n) is 7.23. The van der Waals surface area contributed by atoms with Gasteiger partial charge >= 0.3 is 5.97 Å². The molecule has 0 aliphatic carbocycles. The number of carbonyl (C=O) groups excluding carboxylic acids is 2. The normalized spacial score (nSPS) is 12.5. The number of benzene rings is 1. The molecule has 0 saturated carbocycles. The number of ether oxygens (including phenoxy) is 2. The molecule has 0 radical (unpaired) electrons. The van der Waals surface area contributed by atoms with Crippen molar-refractivity contribution in [1.29, 1.82) is 0 Å². The van der Waals surface area contributed by atoms with Gasteiger partial charge in [0.05, 0.1) is 31.0 Å². The van der Waals surface area contributed by atoms with Crippen molar-refractivity contribution in [3.63, 3.8) is 0 Å². The Morgan fingerprint density at radius 2 is 1.87 bits per heavy atom. The van der Waals surface area contributed by atoms with Crippen LogP contribution in [0.15, 0.2) is 23.1 Å². The summed E-state index contributed by atoms with van der Waals surface area (Å²) in [6.45, 7) is 7.10. The summed E-state index contributed by atoms with van der Waals surface area (Å²) >= 11 is 0. The number of Topliss-reactive ketones (excluding diaryl/α,β-unsaturated/α-hetero) is 1. The SMILES string of the molecule is CCOc1ccc(N[C@H](C)C(=O)c2[nH]c(C)c(C(=O)OC)c2C)cc1S(=O)(=O)N(C)C. The van der Waals surface area contributed by atoms with E-state index in [-0.39, 0.29) is 16.4 Å². The number of carbonyl (C=O) groups is 2. The van der Waals surface area contributed by atoms with Crippen LogP contribution in [-0.2, 0) is 14.8 Å². The zero-order chi connectivity index (χ0) is 23.5. The maximum absolute atomic E-state index is 13.0. The molecule has 0 spiro atoms. The topological polar surface area (TPSA) is 118 Å². The Morgan fingerprint density at radius 3 is 2.42 bits per heavy atom. The first-order valence-corrected chi connectivity index (χ1v) is 11.2. The van der Waals surface area contributed by atoms with Crippen molar-refractivity contribution in [2.45, 2.75) is 38.6 Å². The number of H-pyrrole nitrogens is 1. The van der Waals surface area contributed by atoms with Gasteiger partial charge in [-0.3, -0.25) is 4.79 Å². The number of anilines is 1. The van der Waals surface area contributed by atoms with Crippen molar-refractivity contribution in [3.8, 4) is 5.75 Å². The Hall–Kier alpha value is -2.85. The van der Waals surface area contributed by atoms with E-state index in [1.807, 2.05) is 0 Å². The largest absolute Gasteiger partial charge is 0.492 e. The minimum absolute atomic E-state index is 0.00359. The summed E-state index contributed by atoms with van der Waals surface area (Å²) in [6.07, 6.45) is 0. The highest BCUT2D eigenvalue weighted by Crippen LogP contribution is 2.30. The summed E-state index contributed by atoms with van der Waals surface area (Å²) in [7, 11) is 0.401. The van der Waals surface area contributed by atoms with Gasteiger partial charge < -0.3 is 19.8 Å². The minimum Gasteiger partial charge on any atom is -0.492 e. The molecule has 10 heteroatoms. The summed E-state index contributed by atoms with van der Waals surface area (Å²) in [5.74, 6) is -0.558. The van der Waals surface area contributed by atoms with Gasteiger partial charge in [-0.25, -0.2) is 17.5 Å². The number of rotatable bonds is 9. The number of esters is 1. The van der Waals surface area contributed by atoms with Crippen LogP contribution in [0, 0.1) is 13.8 Å². The number of nitrogens with one attached hydrogen (secondary N) is 2. The van der Waals surface area contributed by atoms with Gasteiger partial charge in [-0.1, -0.05) is 0 Å².